The van der Waals surface area contributed by atoms with Crippen molar-refractivity contribution in [3.05, 3.63) is 24.3 Å². The summed E-state index contributed by atoms with van der Waals surface area (Å²) in [5, 5.41) is 4.27. The zero-order valence-electron chi connectivity index (χ0n) is 13.6. The average molecular weight is 321 g/mol. The van der Waals surface area contributed by atoms with Gasteiger partial charge in [-0.15, -0.1) is 11.3 Å². The standard InChI is InChI=1S/C17H23NO3S/c1-5-19-12-10-13(20-6-2)17(14(11-12)21-7-3)15-8-9-16(18-4)22-15/h8-11,18H,5-7H2,1-4H3. The molecule has 0 aliphatic carbocycles. The zero-order chi connectivity index (χ0) is 15.9. The lowest BCUT2D eigenvalue weighted by molar-refractivity contribution is 0.309. The molecular weight excluding hydrogens is 298 g/mol. The predicted octanol–water partition coefficient (Wildman–Crippen LogP) is 4.65. The molecule has 120 valence electrons. The van der Waals surface area contributed by atoms with E-state index in [1.54, 1.807) is 11.3 Å². The fraction of sp³-hybridized carbons (Fsp3) is 0.412. The summed E-state index contributed by atoms with van der Waals surface area (Å²) in [6, 6.07) is 8.01. The van der Waals surface area contributed by atoms with Crippen LogP contribution in [-0.4, -0.2) is 26.9 Å². The van der Waals surface area contributed by atoms with E-state index in [9.17, 15) is 0 Å². The Kier molecular flexibility index (Phi) is 5.95. The lowest BCUT2D eigenvalue weighted by atomic mass is 10.1. The number of anilines is 1. The van der Waals surface area contributed by atoms with Crippen molar-refractivity contribution in [3.63, 3.8) is 0 Å². The summed E-state index contributed by atoms with van der Waals surface area (Å²) >= 11 is 1.67. The van der Waals surface area contributed by atoms with Gasteiger partial charge < -0.3 is 19.5 Å². The van der Waals surface area contributed by atoms with Crippen LogP contribution in [0.15, 0.2) is 24.3 Å². The molecule has 0 unspecified atom stereocenters. The van der Waals surface area contributed by atoms with E-state index in [4.69, 9.17) is 14.2 Å². The average Bonchev–Trinajstić information content (AvgIpc) is 2.97. The number of ether oxygens (including phenoxy) is 3. The van der Waals surface area contributed by atoms with E-state index in [2.05, 4.69) is 17.4 Å². The molecule has 1 N–H and O–H groups in total. The van der Waals surface area contributed by atoms with E-state index in [-0.39, 0.29) is 0 Å². The van der Waals surface area contributed by atoms with Gasteiger partial charge in [0.15, 0.2) is 0 Å². The maximum Gasteiger partial charge on any atom is 0.135 e. The Morgan fingerprint density at radius 1 is 0.909 bits per heavy atom. The third kappa shape index (κ3) is 3.65. The Balaban J connectivity index is 2.55. The number of benzene rings is 1. The van der Waals surface area contributed by atoms with Gasteiger partial charge in [0, 0.05) is 24.1 Å². The Bertz CT molecular complexity index is 583. The summed E-state index contributed by atoms with van der Waals surface area (Å²) in [5.41, 5.74) is 0.985. The van der Waals surface area contributed by atoms with Crippen LogP contribution in [0.4, 0.5) is 5.00 Å². The minimum atomic E-state index is 0.596. The SMILES string of the molecule is CCOc1cc(OCC)c(-c2ccc(NC)s2)c(OCC)c1. The van der Waals surface area contributed by atoms with Gasteiger partial charge in [-0.25, -0.2) is 0 Å². The predicted molar refractivity (Wildman–Crippen MR) is 92.8 cm³/mol. The first kappa shape index (κ1) is 16.5. The van der Waals surface area contributed by atoms with E-state index in [1.165, 1.54) is 0 Å². The molecule has 0 bridgehead atoms. The zero-order valence-corrected chi connectivity index (χ0v) is 14.4. The minimum Gasteiger partial charge on any atom is -0.494 e. The Labute approximate surface area is 136 Å². The summed E-state index contributed by atoms with van der Waals surface area (Å²) in [4.78, 5) is 1.11. The molecule has 5 heteroatoms. The maximum absolute atomic E-state index is 5.83. The van der Waals surface area contributed by atoms with E-state index in [1.807, 2.05) is 40.0 Å². The molecule has 2 aromatic rings. The van der Waals surface area contributed by atoms with Crippen LogP contribution in [0.3, 0.4) is 0 Å². The molecule has 1 aromatic heterocycles. The molecule has 0 atom stereocenters. The smallest absolute Gasteiger partial charge is 0.135 e. The van der Waals surface area contributed by atoms with E-state index in [0.29, 0.717) is 19.8 Å². The van der Waals surface area contributed by atoms with Crippen molar-refractivity contribution in [2.45, 2.75) is 20.8 Å². The van der Waals surface area contributed by atoms with Gasteiger partial charge in [0.2, 0.25) is 0 Å². The third-order valence-electron chi connectivity index (χ3n) is 3.05. The lowest BCUT2D eigenvalue weighted by Gasteiger charge is -2.16. The fourth-order valence-corrected chi connectivity index (χ4v) is 3.12. The quantitative estimate of drug-likeness (QED) is 0.768. The van der Waals surface area contributed by atoms with Crippen LogP contribution in [0.1, 0.15) is 20.8 Å². The van der Waals surface area contributed by atoms with Crippen molar-refractivity contribution in [2.75, 3.05) is 32.2 Å². The molecule has 0 saturated carbocycles. The molecule has 22 heavy (non-hydrogen) atoms. The second kappa shape index (κ2) is 7.94. The van der Waals surface area contributed by atoms with Crippen molar-refractivity contribution < 1.29 is 14.2 Å². The molecule has 0 saturated heterocycles. The normalized spacial score (nSPS) is 10.4. The number of nitrogens with one attached hydrogen (secondary N) is 1. The molecule has 0 amide bonds. The second-order valence-corrected chi connectivity index (χ2v) is 5.59. The Morgan fingerprint density at radius 2 is 1.50 bits per heavy atom. The van der Waals surface area contributed by atoms with E-state index < -0.39 is 0 Å². The summed E-state index contributed by atoms with van der Waals surface area (Å²) in [7, 11) is 1.92. The van der Waals surface area contributed by atoms with Crippen molar-refractivity contribution >= 4 is 16.3 Å². The van der Waals surface area contributed by atoms with Crippen LogP contribution in [0, 0.1) is 0 Å². The van der Waals surface area contributed by atoms with Crippen LogP contribution in [0.25, 0.3) is 10.4 Å². The third-order valence-corrected chi connectivity index (χ3v) is 4.17. The highest BCUT2D eigenvalue weighted by Gasteiger charge is 2.18. The first-order valence-corrected chi connectivity index (χ1v) is 8.39. The first-order valence-electron chi connectivity index (χ1n) is 7.57. The van der Waals surface area contributed by atoms with Gasteiger partial charge in [0.05, 0.1) is 30.4 Å². The van der Waals surface area contributed by atoms with Crippen molar-refractivity contribution in [3.8, 4) is 27.7 Å². The highest BCUT2D eigenvalue weighted by Crippen LogP contribution is 2.45. The van der Waals surface area contributed by atoms with Crippen LogP contribution >= 0.6 is 11.3 Å². The highest BCUT2D eigenvalue weighted by atomic mass is 32.1. The van der Waals surface area contributed by atoms with Gasteiger partial charge in [0.1, 0.15) is 17.2 Å². The molecule has 0 spiro atoms. The number of rotatable bonds is 8. The largest absolute Gasteiger partial charge is 0.494 e. The topological polar surface area (TPSA) is 39.7 Å². The first-order chi connectivity index (χ1) is 10.7. The summed E-state index contributed by atoms with van der Waals surface area (Å²) in [5.74, 6) is 2.35. The van der Waals surface area contributed by atoms with Gasteiger partial charge in [-0.3, -0.25) is 0 Å². The van der Waals surface area contributed by atoms with Crippen LogP contribution in [-0.2, 0) is 0 Å². The molecule has 1 aromatic carbocycles. The molecule has 0 fully saturated rings. The number of thiophene rings is 1. The summed E-state index contributed by atoms with van der Waals surface area (Å²) < 4.78 is 17.3. The molecule has 4 nitrogen and oxygen atoms in total. The van der Waals surface area contributed by atoms with Crippen LogP contribution in [0.2, 0.25) is 0 Å². The Hall–Kier alpha value is -1.88. The van der Waals surface area contributed by atoms with Gasteiger partial charge in [-0.1, -0.05) is 0 Å². The molecule has 0 aliphatic heterocycles. The molecule has 2 rings (SSSR count). The van der Waals surface area contributed by atoms with Crippen molar-refractivity contribution in [1.29, 1.82) is 0 Å². The highest BCUT2D eigenvalue weighted by molar-refractivity contribution is 7.19. The van der Waals surface area contributed by atoms with Gasteiger partial charge >= 0.3 is 0 Å². The monoisotopic (exact) mass is 321 g/mol. The number of hydrogen-bond acceptors (Lipinski definition) is 5. The molecular formula is C17H23NO3S. The Morgan fingerprint density at radius 3 is 1.95 bits per heavy atom. The van der Waals surface area contributed by atoms with Crippen molar-refractivity contribution in [2.24, 2.45) is 0 Å². The molecule has 0 radical (unpaired) electrons. The van der Waals surface area contributed by atoms with Gasteiger partial charge in [-0.05, 0) is 32.9 Å². The minimum absolute atomic E-state index is 0.596. The number of hydrogen-bond donors (Lipinski definition) is 1. The summed E-state index contributed by atoms with van der Waals surface area (Å²) in [6.07, 6.45) is 0. The summed E-state index contributed by atoms with van der Waals surface area (Å²) in [6.45, 7) is 7.72. The van der Waals surface area contributed by atoms with E-state index in [0.717, 1.165) is 32.7 Å². The van der Waals surface area contributed by atoms with Crippen molar-refractivity contribution in [1.82, 2.24) is 0 Å². The second-order valence-electron chi connectivity index (χ2n) is 4.51. The fourth-order valence-electron chi connectivity index (χ4n) is 2.20. The van der Waals surface area contributed by atoms with E-state index >= 15 is 0 Å². The molecule has 1 heterocycles. The maximum atomic E-state index is 5.83. The van der Waals surface area contributed by atoms with Crippen LogP contribution in [0.5, 0.6) is 17.2 Å². The lowest BCUT2D eigenvalue weighted by Crippen LogP contribution is -2.01. The van der Waals surface area contributed by atoms with Gasteiger partial charge in [-0.2, -0.15) is 0 Å². The molecule has 0 aliphatic rings. The van der Waals surface area contributed by atoms with Crippen LogP contribution < -0.4 is 19.5 Å². The van der Waals surface area contributed by atoms with Gasteiger partial charge in [0.25, 0.3) is 0 Å².